The molecule has 1 atom stereocenters. The van der Waals surface area contributed by atoms with E-state index in [0.717, 1.165) is 17.8 Å². The summed E-state index contributed by atoms with van der Waals surface area (Å²) in [5.41, 5.74) is 0.916. The van der Waals surface area contributed by atoms with E-state index in [9.17, 15) is 17.4 Å². The Labute approximate surface area is 170 Å². The number of nitrogens with one attached hydrogen (secondary N) is 1. The quantitative estimate of drug-likeness (QED) is 0.460. The van der Waals surface area contributed by atoms with E-state index in [2.05, 4.69) is 14.7 Å². The first kappa shape index (κ1) is 21.1. The topological polar surface area (TPSA) is 64.1 Å². The number of aromatic nitrogens is 2. The van der Waals surface area contributed by atoms with Crippen LogP contribution in [-0.4, -0.2) is 32.4 Å². The van der Waals surface area contributed by atoms with Crippen molar-refractivity contribution >= 4 is 31.0 Å². The Balaban J connectivity index is 1.86. The summed E-state index contributed by atoms with van der Waals surface area (Å²) < 4.78 is 59.3. The number of thiazole rings is 1. The summed E-state index contributed by atoms with van der Waals surface area (Å²) in [4.78, 5) is 8.27. The third kappa shape index (κ3) is 4.88. The lowest BCUT2D eigenvalue weighted by Gasteiger charge is -2.12. The van der Waals surface area contributed by atoms with Crippen LogP contribution >= 0.6 is 11.3 Å². The molecular formula is C19H18F3N3O2S2. The Kier molecular flexibility index (Phi) is 5.85. The van der Waals surface area contributed by atoms with Crippen molar-refractivity contribution < 1.29 is 22.1 Å². The second kappa shape index (κ2) is 8.03. The average molecular weight is 442 g/mol. The molecule has 0 aliphatic carbocycles. The molecule has 1 unspecified atom stereocenters. The third-order valence-electron chi connectivity index (χ3n) is 4.20. The zero-order valence-electron chi connectivity index (χ0n) is 15.8. The van der Waals surface area contributed by atoms with E-state index in [1.54, 1.807) is 14.0 Å². The van der Waals surface area contributed by atoms with Gasteiger partial charge < -0.3 is 4.74 Å². The van der Waals surface area contributed by atoms with Crippen LogP contribution in [0, 0.1) is 0 Å². The minimum absolute atomic E-state index is 0.363. The number of hydrogen-bond donors (Lipinski definition) is 1. The zero-order chi connectivity index (χ0) is 21.2. The van der Waals surface area contributed by atoms with Gasteiger partial charge in [-0.05, 0) is 25.1 Å². The number of pyridine rings is 1. The number of halogens is 3. The molecule has 154 valence electrons. The standard InChI is InChI=1S/C19H18F3N3O2S2/c1-12(14-7-8-17(23-10-14)19(20,21)22)29(3,26)25-18-24-16(11-28-18)13-5-4-6-15(9-13)27-2/h4-11H,1-3H3,(H,24,25,26). The normalized spacial score (nSPS) is 13.6. The summed E-state index contributed by atoms with van der Waals surface area (Å²) in [7, 11) is -1.20. The van der Waals surface area contributed by atoms with Crippen molar-refractivity contribution in [2.45, 2.75) is 13.1 Å². The summed E-state index contributed by atoms with van der Waals surface area (Å²) in [5, 5.41) is 2.26. The highest BCUT2D eigenvalue weighted by molar-refractivity contribution is 8.03. The highest BCUT2D eigenvalue weighted by atomic mass is 32.2. The van der Waals surface area contributed by atoms with Crippen molar-refractivity contribution in [3.8, 4) is 17.0 Å². The third-order valence-corrected chi connectivity index (χ3v) is 7.07. The van der Waals surface area contributed by atoms with E-state index in [1.165, 1.54) is 23.7 Å². The Morgan fingerprint density at radius 3 is 2.62 bits per heavy atom. The van der Waals surface area contributed by atoms with Crippen molar-refractivity contribution in [2.24, 2.45) is 0 Å². The zero-order valence-corrected chi connectivity index (χ0v) is 17.4. The minimum atomic E-state index is -4.52. The highest BCUT2D eigenvalue weighted by Crippen LogP contribution is 2.29. The highest BCUT2D eigenvalue weighted by Gasteiger charge is 2.32. The molecule has 1 aromatic carbocycles. The van der Waals surface area contributed by atoms with Crippen molar-refractivity contribution in [1.82, 2.24) is 9.97 Å². The van der Waals surface area contributed by atoms with Gasteiger partial charge in [-0.2, -0.15) is 13.2 Å². The lowest BCUT2D eigenvalue weighted by atomic mass is 10.2. The van der Waals surface area contributed by atoms with Gasteiger partial charge in [-0.1, -0.05) is 18.2 Å². The van der Waals surface area contributed by atoms with Crippen molar-refractivity contribution in [3.63, 3.8) is 0 Å². The number of anilines is 1. The summed E-state index contributed by atoms with van der Waals surface area (Å²) in [6, 6.07) is 9.53. The lowest BCUT2D eigenvalue weighted by Crippen LogP contribution is -2.20. The summed E-state index contributed by atoms with van der Waals surface area (Å²) in [5.74, 6) is 0.697. The van der Waals surface area contributed by atoms with E-state index in [4.69, 9.17) is 4.74 Å². The van der Waals surface area contributed by atoms with Crippen LogP contribution < -0.4 is 9.46 Å². The monoisotopic (exact) mass is 441 g/mol. The first-order valence-electron chi connectivity index (χ1n) is 8.34. The Morgan fingerprint density at radius 2 is 2.00 bits per heavy atom. The molecule has 5 nitrogen and oxygen atoms in total. The van der Waals surface area contributed by atoms with Crippen LogP contribution in [0.15, 0.2) is 48.0 Å². The molecule has 1 N–H and O–H groups in total. The van der Waals surface area contributed by atoms with E-state index < -0.39 is 21.6 Å². The Hall–Kier alpha value is -2.59. The van der Waals surface area contributed by atoms with Gasteiger partial charge >= 0.3 is 6.18 Å². The molecule has 2 heterocycles. The average Bonchev–Trinajstić information content (AvgIpc) is 3.14. The molecule has 0 saturated carbocycles. The molecule has 0 amide bonds. The van der Waals surface area contributed by atoms with Crippen LogP contribution in [0.5, 0.6) is 5.75 Å². The number of methoxy groups -OCH3 is 1. The largest absolute Gasteiger partial charge is 0.497 e. The molecule has 3 rings (SSSR count). The Morgan fingerprint density at radius 1 is 1.24 bits per heavy atom. The molecule has 10 heteroatoms. The van der Waals surface area contributed by atoms with E-state index in [0.29, 0.717) is 27.0 Å². The van der Waals surface area contributed by atoms with Gasteiger partial charge in [0.15, 0.2) is 5.13 Å². The molecule has 0 fully saturated rings. The molecular weight excluding hydrogens is 423 g/mol. The minimum Gasteiger partial charge on any atom is -0.497 e. The van der Waals surface area contributed by atoms with Crippen LogP contribution in [0.2, 0.25) is 0 Å². The van der Waals surface area contributed by atoms with Gasteiger partial charge in [0.1, 0.15) is 11.4 Å². The van der Waals surface area contributed by atoms with Crippen LogP contribution in [0.3, 0.4) is 0 Å². The van der Waals surface area contributed by atoms with Crippen molar-refractivity contribution in [3.05, 3.63) is 59.2 Å². The van der Waals surface area contributed by atoms with E-state index in [1.807, 2.05) is 29.6 Å². The molecule has 0 spiro atoms. The maximum Gasteiger partial charge on any atom is 0.433 e. The van der Waals surface area contributed by atoms with Crippen molar-refractivity contribution in [2.75, 3.05) is 18.1 Å². The van der Waals surface area contributed by atoms with Gasteiger partial charge in [-0.25, -0.2) is 9.19 Å². The summed E-state index contributed by atoms with van der Waals surface area (Å²) in [6.45, 7) is 1.59. The first-order valence-corrected chi connectivity index (χ1v) is 11.2. The number of ether oxygens (including phenoxy) is 1. The maximum atomic E-state index is 13.1. The van der Waals surface area contributed by atoms with E-state index in [-0.39, 0.29) is 0 Å². The summed E-state index contributed by atoms with van der Waals surface area (Å²) in [6.07, 6.45) is -1.96. The van der Waals surface area contributed by atoms with Gasteiger partial charge in [-0.3, -0.25) is 9.71 Å². The molecule has 0 aliphatic rings. The van der Waals surface area contributed by atoms with Crippen LogP contribution in [0.4, 0.5) is 18.3 Å². The molecule has 0 aliphatic heterocycles. The second-order valence-electron chi connectivity index (χ2n) is 6.20. The van der Waals surface area contributed by atoms with Gasteiger partial charge in [0.25, 0.3) is 0 Å². The first-order chi connectivity index (χ1) is 13.6. The fourth-order valence-corrected chi connectivity index (χ4v) is 4.81. The van der Waals surface area contributed by atoms with Crippen molar-refractivity contribution in [1.29, 1.82) is 0 Å². The molecule has 0 bridgehead atoms. The second-order valence-corrected chi connectivity index (χ2v) is 9.56. The fraction of sp³-hybridized carbons (Fsp3) is 0.211. The van der Waals surface area contributed by atoms with Gasteiger partial charge in [-0.15, -0.1) is 11.3 Å². The smallest absolute Gasteiger partial charge is 0.433 e. The van der Waals surface area contributed by atoms with Crippen LogP contribution in [0.1, 0.15) is 18.2 Å². The molecule has 0 radical (unpaired) electrons. The molecule has 0 saturated heterocycles. The van der Waals surface area contributed by atoms with Gasteiger partial charge in [0.05, 0.1) is 22.5 Å². The lowest BCUT2D eigenvalue weighted by molar-refractivity contribution is -0.141. The predicted octanol–water partition coefficient (Wildman–Crippen LogP) is 4.71. The van der Waals surface area contributed by atoms with E-state index >= 15 is 0 Å². The summed E-state index contributed by atoms with van der Waals surface area (Å²) >= 11 is 1.28. The number of benzene rings is 1. The SMILES string of the molecule is COc1cccc(-c2csc(NS(C)(=O)=C(C)c3ccc(C(F)(F)F)nc3)n2)c1. The number of nitrogens with zero attached hydrogens (tertiary/aromatic N) is 2. The van der Waals surface area contributed by atoms with Crippen LogP contribution in [0.25, 0.3) is 11.3 Å². The molecule has 3 aromatic rings. The Bertz CT molecular complexity index is 1130. The van der Waals surface area contributed by atoms with Gasteiger partial charge in [0.2, 0.25) is 0 Å². The number of rotatable bonds is 5. The fourth-order valence-electron chi connectivity index (χ4n) is 2.47. The maximum absolute atomic E-state index is 13.1. The molecule has 2 aromatic heterocycles. The van der Waals surface area contributed by atoms with Gasteiger partial charge in [0, 0.05) is 33.8 Å². The van der Waals surface area contributed by atoms with Crippen LogP contribution in [-0.2, 0) is 15.9 Å². The number of hydrogen-bond acceptors (Lipinski definition) is 5. The predicted molar refractivity (Wildman–Crippen MR) is 111 cm³/mol. The number of alkyl halides is 3. The molecule has 29 heavy (non-hydrogen) atoms.